The zero-order valence-corrected chi connectivity index (χ0v) is 10.1. The van der Waals surface area contributed by atoms with Gasteiger partial charge in [0.1, 0.15) is 11.4 Å². The Hall–Kier alpha value is -1.24. The number of ether oxygens (including phenoxy) is 1. The minimum absolute atomic E-state index is 0.148. The summed E-state index contributed by atoms with van der Waals surface area (Å²) in [5.41, 5.74) is 2.25. The molecule has 0 fully saturated rings. The molecule has 15 heavy (non-hydrogen) atoms. The maximum Gasteiger partial charge on any atom is 0.120 e. The standard InChI is InChI=1S/C14H20O/c1-6-11-8-12(7-2)10-13(9-11)15-14(3,4)5/h6,8-10H,1,7H2,2-5H3. The molecular formula is C14H20O. The predicted octanol–water partition coefficient (Wildman–Crippen LogP) is 4.07. The molecule has 82 valence electrons. The molecule has 0 saturated heterocycles. The van der Waals surface area contributed by atoms with Gasteiger partial charge in [0.15, 0.2) is 0 Å². The first-order chi connectivity index (χ1) is 6.94. The molecule has 1 aromatic rings. The molecular weight excluding hydrogens is 184 g/mol. The highest BCUT2D eigenvalue weighted by Gasteiger charge is 2.12. The lowest BCUT2D eigenvalue weighted by atomic mass is 10.1. The van der Waals surface area contributed by atoms with E-state index in [-0.39, 0.29) is 5.60 Å². The molecule has 1 aromatic carbocycles. The van der Waals surface area contributed by atoms with Crippen LogP contribution in [-0.2, 0) is 6.42 Å². The second-order valence-electron chi connectivity index (χ2n) is 4.68. The average Bonchev–Trinajstić information content (AvgIpc) is 2.14. The third kappa shape index (κ3) is 3.78. The second kappa shape index (κ2) is 4.52. The Morgan fingerprint density at radius 1 is 1.27 bits per heavy atom. The van der Waals surface area contributed by atoms with Crippen LogP contribution >= 0.6 is 0 Å². The predicted molar refractivity (Wildman–Crippen MR) is 66.3 cm³/mol. The Balaban J connectivity index is 3.02. The van der Waals surface area contributed by atoms with E-state index in [1.807, 2.05) is 12.1 Å². The van der Waals surface area contributed by atoms with Crippen molar-refractivity contribution in [2.75, 3.05) is 0 Å². The van der Waals surface area contributed by atoms with Gasteiger partial charge in [-0.15, -0.1) is 0 Å². The lowest BCUT2D eigenvalue weighted by Gasteiger charge is -2.22. The highest BCUT2D eigenvalue weighted by molar-refractivity contribution is 5.51. The van der Waals surface area contributed by atoms with Crippen molar-refractivity contribution in [1.82, 2.24) is 0 Å². The number of hydrogen-bond acceptors (Lipinski definition) is 1. The van der Waals surface area contributed by atoms with Crippen LogP contribution < -0.4 is 4.74 Å². The highest BCUT2D eigenvalue weighted by Crippen LogP contribution is 2.22. The van der Waals surface area contributed by atoms with E-state index in [4.69, 9.17) is 4.74 Å². The molecule has 0 aliphatic heterocycles. The van der Waals surface area contributed by atoms with E-state index < -0.39 is 0 Å². The lowest BCUT2D eigenvalue weighted by Crippen LogP contribution is -2.23. The molecule has 0 radical (unpaired) electrons. The largest absolute Gasteiger partial charge is 0.488 e. The van der Waals surface area contributed by atoms with Gasteiger partial charge in [0.2, 0.25) is 0 Å². The fourth-order valence-corrected chi connectivity index (χ4v) is 1.42. The van der Waals surface area contributed by atoms with E-state index in [0.717, 1.165) is 17.7 Å². The van der Waals surface area contributed by atoms with Crippen LogP contribution in [0.4, 0.5) is 0 Å². The maximum atomic E-state index is 5.84. The number of hydrogen-bond donors (Lipinski definition) is 0. The van der Waals surface area contributed by atoms with Gasteiger partial charge in [-0.1, -0.05) is 25.6 Å². The number of rotatable bonds is 3. The van der Waals surface area contributed by atoms with Crippen LogP contribution in [0.5, 0.6) is 5.75 Å². The van der Waals surface area contributed by atoms with Crippen LogP contribution in [0.3, 0.4) is 0 Å². The topological polar surface area (TPSA) is 9.23 Å². The summed E-state index contributed by atoms with van der Waals surface area (Å²) in [4.78, 5) is 0. The third-order valence-corrected chi connectivity index (χ3v) is 2.06. The second-order valence-corrected chi connectivity index (χ2v) is 4.68. The monoisotopic (exact) mass is 204 g/mol. The third-order valence-electron chi connectivity index (χ3n) is 2.06. The van der Waals surface area contributed by atoms with E-state index in [1.54, 1.807) is 0 Å². The Bertz CT molecular complexity index is 345. The van der Waals surface area contributed by atoms with E-state index in [2.05, 4.69) is 46.4 Å². The van der Waals surface area contributed by atoms with Gasteiger partial charge in [-0.3, -0.25) is 0 Å². The van der Waals surface area contributed by atoms with Gasteiger partial charge >= 0.3 is 0 Å². The normalized spacial score (nSPS) is 11.2. The molecule has 0 N–H and O–H groups in total. The van der Waals surface area contributed by atoms with Crippen molar-refractivity contribution in [3.63, 3.8) is 0 Å². The van der Waals surface area contributed by atoms with Crippen molar-refractivity contribution in [3.8, 4) is 5.75 Å². The summed E-state index contributed by atoms with van der Waals surface area (Å²) in [7, 11) is 0. The summed E-state index contributed by atoms with van der Waals surface area (Å²) in [5.74, 6) is 0.928. The van der Waals surface area contributed by atoms with Gasteiger partial charge < -0.3 is 4.74 Å². The van der Waals surface area contributed by atoms with Gasteiger partial charge in [-0.05, 0) is 50.5 Å². The first-order valence-corrected chi connectivity index (χ1v) is 5.40. The van der Waals surface area contributed by atoms with Crippen LogP contribution in [0.15, 0.2) is 24.8 Å². The first-order valence-electron chi connectivity index (χ1n) is 5.40. The molecule has 0 aliphatic rings. The molecule has 0 aliphatic carbocycles. The van der Waals surface area contributed by atoms with Gasteiger partial charge in [0, 0.05) is 0 Å². The molecule has 0 unspecified atom stereocenters. The van der Waals surface area contributed by atoms with Crippen LogP contribution in [-0.4, -0.2) is 5.60 Å². The van der Waals surface area contributed by atoms with E-state index in [9.17, 15) is 0 Å². The van der Waals surface area contributed by atoms with Gasteiger partial charge in [0.25, 0.3) is 0 Å². The smallest absolute Gasteiger partial charge is 0.120 e. The Morgan fingerprint density at radius 3 is 2.40 bits per heavy atom. The Morgan fingerprint density at radius 2 is 1.93 bits per heavy atom. The lowest BCUT2D eigenvalue weighted by molar-refractivity contribution is 0.131. The van der Waals surface area contributed by atoms with Gasteiger partial charge in [0.05, 0.1) is 0 Å². The summed E-state index contributed by atoms with van der Waals surface area (Å²) in [6, 6.07) is 6.26. The number of benzene rings is 1. The molecule has 0 bridgehead atoms. The van der Waals surface area contributed by atoms with Crippen molar-refractivity contribution in [2.45, 2.75) is 39.7 Å². The average molecular weight is 204 g/mol. The van der Waals surface area contributed by atoms with Gasteiger partial charge in [-0.2, -0.15) is 0 Å². The summed E-state index contributed by atoms with van der Waals surface area (Å²) in [6.07, 6.45) is 2.87. The molecule has 0 spiro atoms. The molecule has 0 atom stereocenters. The summed E-state index contributed by atoms with van der Waals surface area (Å²) in [5, 5.41) is 0. The fourth-order valence-electron chi connectivity index (χ4n) is 1.42. The minimum Gasteiger partial charge on any atom is -0.488 e. The molecule has 1 nitrogen and oxygen atoms in total. The van der Waals surface area contributed by atoms with Crippen LogP contribution in [0.1, 0.15) is 38.8 Å². The zero-order chi connectivity index (χ0) is 11.5. The highest BCUT2D eigenvalue weighted by atomic mass is 16.5. The molecule has 1 heteroatoms. The quantitative estimate of drug-likeness (QED) is 0.721. The Labute approximate surface area is 92.8 Å². The fraction of sp³-hybridized carbons (Fsp3) is 0.429. The van der Waals surface area contributed by atoms with Crippen molar-refractivity contribution in [1.29, 1.82) is 0 Å². The first kappa shape index (κ1) is 11.8. The minimum atomic E-state index is -0.148. The summed E-state index contributed by atoms with van der Waals surface area (Å²) in [6.45, 7) is 12.1. The van der Waals surface area contributed by atoms with Crippen LogP contribution in [0.25, 0.3) is 6.08 Å². The van der Waals surface area contributed by atoms with Crippen molar-refractivity contribution in [3.05, 3.63) is 35.9 Å². The SMILES string of the molecule is C=Cc1cc(CC)cc(OC(C)(C)C)c1. The van der Waals surface area contributed by atoms with E-state index in [1.165, 1.54) is 5.56 Å². The van der Waals surface area contributed by atoms with E-state index in [0.29, 0.717) is 0 Å². The van der Waals surface area contributed by atoms with Crippen molar-refractivity contribution >= 4 is 6.08 Å². The molecule has 0 saturated carbocycles. The molecule has 1 rings (SSSR count). The van der Waals surface area contributed by atoms with Crippen LogP contribution in [0, 0.1) is 0 Å². The summed E-state index contributed by atoms with van der Waals surface area (Å²) >= 11 is 0. The van der Waals surface area contributed by atoms with Crippen molar-refractivity contribution < 1.29 is 4.74 Å². The van der Waals surface area contributed by atoms with Crippen LogP contribution in [0.2, 0.25) is 0 Å². The number of aryl methyl sites for hydroxylation is 1. The molecule has 0 amide bonds. The Kier molecular flexibility index (Phi) is 3.57. The zero-order valence-electron chi connectivity index (χ0n) is 10.1. The van der Waals surface area contributed by atoms with Gasteiger partial charge in [-0.25, -0.2) is 0 Å². The summed E-state index contributed by atoms with van der Waals surface area (Å²) < 4.78 is 5.84. The molecule has 0 aromatic heterocycles. The molecule has 0 heterocycles. The van der Waals surface area contributed by atoms with Crippen molar-refractivity contribution in [2.24, 2.45) is 0 Å². The maximum absolute atomic E-state index is 5.84. The van der Waals surface area contributed by atoms with E-state index >= 15 is 0 Å².